The summed E-state index contributed by atoms with van der Waals surface area (Å²) >= 11 is 1.42. The summed E-state index contributed by atoms with van der Waals surface area (Å²) in [5.74, 6) is -0.712. The number of anilines is 1. The second-order valence-corrected chi connectivity index (χ2v) is 8.58. The minimum Gasteiger partial charge on any atom is -0.365 e. The SMILES string of the molecule is NC(=O)c1c(NC(=O)c2nc3ncc(-c4ccccc4)cn3n2)sc2c1CCCCC2. The molecule has 0 aliphatic heterocycles. The van der Waals surface area contributed by atoms with Crippen LogP contribution in [0.4, 0.5) is 5.00 Å². The van der Waals surface area contributed by atoms with Crippen molar-refractivity contribution >= 4 is 33.9 Å². The smallest absolute Gasteiger partial charge is 0.296 e. The maximum atomic E-state index is 12.9. The summed E-state index contributed by atoms with van der Waals surface area (Å²) in [5, 5.41) is 7.56. The number of fused-ring (bicyclic) bond motifs is 2. The summed E-state index contributed by atoms with van der Waals surface area (Å²) in [6.45, 7) is 0. The Kier molecular flexibility index (Phi) is 4.95. The highest BCUT2D eigenvalue weighted by molar-refractivity contribution is 7.17. The molecule has 0 atom stereocenters. The second kappa shape index (κ2) is 7.92. The molecule has 3 heterocycles. The fourth-order valence-electron chi connectivity index (χ4n) is 3.91. The third-order valence-corrected chi connectivity index (χ3v) is 6.61. The van der Waals surface area contributed by atoms with Gasteiger partial charge in [0.15, 0.2) is 0 Å². The van der Waals surface area contributed by atoms with E-state index in [9.17, 15) is 9.59 Å². The summed E-state index contributed by atoms with van der Waals surface area (Å²) in [4.78, 5) is 34.7. The monoisotopic (exact) mass is 432 g/mol. The van der Waals surface area contributed by atoms with Gasteiger partial charge in [-0.15, -0.1) is 16.4 Å². The molecular formula is C22H20N6O2S. The Labute approximate surface area is 182 Å². The number of aromatic nitrogens is 4. The molecule has 8 nitrogen and oxygen atoms in total. The Hall–Kier alpha value is -3.59. The number of carbonyl (C=O) groups excluding carboxylic acids is 2. The van der Waals surface area contributed by atoms with Crippen LogP contribution in [0, 0.1) is 0 Å². The highest BCUT2D eigenvalue weighted by Crippen LogP contribution is 2.37. The van der Waals surface area contributed by atoms with E-state index in [1.54, 1.807) is 12.4 Å². The summed E-state index contributed by atoms with van der Waals surface area (Å²) in [7, 11) is 0. The van der Waals surface area contributed by atoms with Gasteiger partial charge in [0.1, 0.15) is 5.00 Å². The van der Waals surface area contributed by atoms with Gasteiger partial charge >= 0.3 is 0 Å². The van der Waals surface area contributed by atoms with Gasteiger partial charge in [-0.25, -0.2) is 9.50 Å². The van der Waals surface area contributed by atoms with Crippen molar-refractivity contribution in [1.82, 2.24) is 19.6 Å². The van der Waals surface area contributed by atoms with Gasteiger partial charge in [-0.05, 0) is 36.8 Å². The van der Waals surface area contributed by atoms with Crippen LogP contribution in [0.5, 0.6) is 0 Å². The largest absolute Gasteiger partial charge is 0.365 e. The standard InChI is InChI=1S/C22H20N6O2S/c23-18(29)17-15-9-5-2-6-10-16(15)31-21(17)26-20(30)19-25-22-24-11-14(12-28(22)27-19)13-7-3-1-4-8-13/h1,3-4,7-8,11-12H,2,5-6,9-10H2,(H2,23,29)(H,26,30). The fourth-order valence-corrected chi connectivity index (χ4v) is 5.20. The van der Waals surface area contributed by atoms with Crippen molar-refractivity contribution in [3.63, 3.8) is 0 Å². The zero-order valence-electron chi connectivity index (χ0n) is 16.7. The van der Waals surface area contributed by atoms with Crippen molar-refractivity contribution in [2.75, 3.05) is 5.32 Å². The van der Waals surface area contributed by atoms with Crippen molar-refractivity contribution < 1.29 is 9.59 Å². The van der Waals surface area contributed by atoms with E-state index in [-0.39, 0.29) is 5.82 Å². The number of carbonyl (C=O) groups is 2. The van der Waals surface area contributed by atoms with Crippen LogP contribution in [0.15, 0.2) is 42.7 Å². The van der Waals surface area contributed by atoms with Crippen LogP contribution in [0.1, 0.15) is 50.7 Å². The van der Waals surface area contributed by atoms with Gasteiger partial charge < -0.3 is 11.1 Å². The first kappa shape index (κ1) is 19.4. The lowest BCUT2D eigenvalue weighted by Crippen LogP contribution is -2.19. The molecular weight excluding hydrogens is 412 g/mol. The van der Waals surface area contributed by atoms with E-state index in [2.05, 4.69) is 20.4 Å². The molecule has 0 fully saturated rings. The van der Waals surface area contributed by atoms with Crippen LogP contribution >= 0.6 is 11.3 Å². The second-order valence-electron chi connectivity index (χ2n) is 7.48. The highest BCUT2D eigenvalue weighted by atomic mass is 32.1. The van der Waals surface area contributed by atoms with Crippen LogP contribution in [0.3, 0.4) is 0 Å². The first-order chi connectivity index (χ1) is 15.1. The molecule has 0 spiro atoms. The molecule has 4 aromatic rings. The molecule has 156 valence electrons. The number of hydrogen-bond donors (Lipinski definition) is 2. The predicted molar refractivity (Wildman–Crippen MR) is 118 cm³/mol. The zero-order valence-corrected chi connectivity index (χ0v) is 17.5. The minimum atomic E-state index is -0.521. The number of primary amides is 1. The first-order valence-corrected chi connectivity index (χ1v) is 11.0. The number of thiophene rings is 1. The normalized spacial score (nSPS) is 13.5. The van der Waals surface area contributed by atoms with Crippen LogP contribution < -0.4 is 11.1 Å². The van der Waals surface area contributed by atoms with Gasteiger partial charge in [-0.1, -0.05) is 36.8 Å². The number of aryl methyl sites for hydroxylation is 1. The van der Waals surface area contributed by atoms with Crippen molar-refractivity contribution in [3.8, 4) is 11.1 Å². The summed E-state index contributed by atoms with van der Waals surface area (Å²) < 4.78 is 1.48. The van der Waals surface area contributed by atoms with Crippen LogP contribution in [-0.4, -0.2) is 31.4 Å². The summed E-state index contributed by atoms with van der Waals surface area (Å²) in [5.41, 5.74) is 8.90. The fraction of sp³-hybridized carbons (Fsp3) is 0.227. The summed E-state index contributed by atoms with van der Waals surface area (Å²) in [6, 6.07) is 9.77. The van der Waals surface area contributed by atoms with E-state index in [0.717, 1.165) is 53.7 Å². The van der Waals surface area contributed by atoms with Gasteiger partial charge in [-0.3, -0.25) is 9.59 Å². The lowest BCUT2D eigenvalue weighted by molar-refractivity contribution is 0.100. The van der Waals surface area contributed by atoms with Crippen LogP contribution in [0.2, 0.25) is 0 Å². The van der Waals surface area contributed by atoms with Gasteiger partial charge in [0.05, 0.1) is 5.56 Å². The predicted octanol–water partition coefficient (Wildman–Crippen LogP) is 3.47. The maximum absolute atomic E-state index is 12.9. The molecule has 3 aromatic heterocycles. The Morgan fingerprint density at radius 2 is 1.87 bits per heavy atom. The molecule has 5 rings (SSSR count). The molecule has 1 aliphatic carbocycles. The number of nitrogens with zero attached hydrogens (tertiary/aromatic N) is 4. The molecule has 0 radical (unpaired) electrons. The molecule has 3 N–H and O–H groups in total. The molecule has 0 unspecified atom stereocenters. The Balaban J connectivity index is 1.45. The van der Waals surface area contributed by atoms with Gasteiger partial charge in [0.2, 0.25) is 5.82 Å². The number of nitrogens with one attached hydrogen (secondary N) is 1. The van der Waals surface area contributed by atoms with Crippen LogP contribution in [0.25, 0.3) is 16.9 Å². The third kappa shape index (κ3) is 3.68. The topological polar surface area (TPSA) is 115 Å². The molecule has 0 saturated carbocycles. The molecule has 0 saturated heterocycles. The van der Waals surface area contributed by atoms with E-state index in [1.807, 2.05) is 30.3 Å². The Morgan fingerprint density at radius 3 is 2.68 bits per heavy atom. The zero-order chi connectivity index (χ0) is 21.4. The van der Waals surface area contributed by atoms with Crippen molar-refractivity contribution in [3.05, 3.63) is 64.6 Å². The number of nitrogens with two attached hydrogens (primary N) is 1. The first-order valence-electron chi connectivity index (χ1n) is 10.1. The molecule has 2 amide bonds. The number of rotatable bonds is 4. The Bertz CT molecular complexity index is 1290. The summed E-state index contributed by atoms with van der Waals surface area (Å²) in [6.07, 6.45) is 8.40. The average molecular weight is 433 g/mol. The minimum absolute atomic E-state index is 0.0169. The van der Waals surface area contributed by atoms with Gasteiger partial charge in [0, 0.05) is 22.8 Å². The molecule has 31 heavy (non-hydrogen) atoms. The lowest BCUT2D eigenvalue weighted by Gasteiger charge is -2.04. The van der Waals surface area contributed by atoms with E-state index < -0.39 is 11.8 Å². The maximum Gasteiger partial charge on any atom is 0.296 e. The quantitative estimate of drug-likeness (QED) is 0.479. The number of benzene rings is 1. The van der Waals surface area contributed by atoms with Crippen molar-refractivity contribution in [2.24, 2.45) is 5.73 Å². The third-order valence-electron chi connectivity index (χ3n) is 5.40. The van der Waals surface area contributed by atoms with E-state index in [1.165, 1.54) is 15.9 Å². The number of hydrogen-bond acceptors (Lipinski definition) is 6. The number of amides is 2. The van der Waals surface area contributed by atoms with Crippen molar-refractivity contribution in [1.29, 1.82) is 0 Å². The van der Waals surface area contributed by atoms with E-state index >= 15 is 0 Å². The van der Waals surface area contributed by atoms with Crippen LogP contribution in [-0.2, 0) is 12.8 Å². The molecule has 9 heteroatoms. The van der Waals surface area contributed by atoms with Gasteiger partial charge in [-0.2, -0.15) is 4.98 Å². The molecule has 1 aliphatic rings. The van der Waals surface area contributed by atoms with E-state index in [4.69, 9.17) is 5.73 Å². The lowest BCUT2D eigenvalue weighted by atomic mass is 10.1. The molecule has 0 bridgehead atoms. The average Bonchev–Trinajstić information content (AvgIpc) is 3.28. The molecule has 1 aromatic carbocycles. The Morgan fingerprint density at radius 1 is 1.06 bits per heavy atom. The van der Waals surface area contributed by atoms with Gasteiger partial charge in [0.25, 0.3) is 17.6 Å². The van der Waals surface area contributed by atoms with Crippen molar-refractivity contribution in [2.45, 2.75) is 32.1 Å². The highest BCUT2D eigenvalue weighted by Gasteiger charge is 2.25. The van der Waals surface area contributed by atoms with E-state index in [0.29, 0.717) is 16.3 Å².